The standard InChI is InChI=1S/C12H17NO3/c1-12(11(15)16)7-13(8-12)10(14)9-5-3-2-4-6-9/h2-3,9H,4-8H2,1H3,(H,15,16)/t9-/m0/s1. The van der Waals surface area contributed by atoms with Crippen LogP contribution in [0.15, 0.2) is 12.2 Å². The first-order valence-corrected chi connectivity index (χ1v) is 5.70. The molecule has 1 N–H and O–H groups in total. The van der Waals surface area contributed by atoms with Gasteiger partial charge in [0.05, 0.1) is 5.41 Å². The summed E-state index contributed by atoms with van der Waals surface area (Å²) in [6, 6.07) is 0. The van der Waals surface area contributed by atoms with Gasteiger partial charge in [-0.3, -0.25) is 9.59 Å². The zero-order valence-electron chi connectivity index (χ0n) is 9.48. The van der Waals surface area contributed by atoms with Gasteiger partial charge in [-0.1, -0.05) is 12.2 Å². The maximum Gasteiger partial charge on any atom is 0.312 e. The van der Waals surface area contributed by atoms with Crippen LogP contribution in [0, 0.1) is 11.3 Å². The molecule has 0 aromatic carbocycles. The van der Waals surface area contributed by atoms with E-state index < -0.39 is 11.4 Å². The van der Waals surface area contributed by atoms with Gasteiger partial charge in [-0.2, -0.15) is 0 Å². The molecule has 0 aromatic heterocycles. The predicted molar refractivity (Wildman–Crippen MR) is 58.8 cm³/mol. The molecule has 4 nitrogen and oxygen atoms in total. The highest BCUT2D eigenvalue weighted by Crippen LogP contribution is 2.33. The van der Waals surface area contributed by atoms with Crippen LogP contribution in [0.3, 0.4) is 0 Å². The van der Waals surface area contributed by atoms with E-state index in [-0.39, 0.29) is 11.8 Å². The van der Waals surface area contributed by atoms with Gasteiger partial charge in [0, 0.05) is 19.0 Å². The summed E-state index contributed by atoms with van der Waals surface area (Å²) in [5.74, 6) is -0.605. The first kappa shape index (κ1) is 11.2. The number of allylic oxidation sites excluding steroid dienone is 2. The highest BCUT2D eigenvalue weighted by atomic mass is 16.4. The van der Waals surface area contributed by atoms with Crippen LogP contribution in [-0.4, -0.2) is 35.0 Å². The van der Waals surface area contributed by atoms with Gasteiger partial charge < -0.3 is 10.0 Å². The number of carboxylic acid groups (broad SMARTS) is 1. The lowest BCUT2D eigenvalue weighted by Crippen LogP contribution is -2.61. The normalized spacial score (nSPS) is 27.3. The van der Waals surface area contributed by atoms with Gasteiger partial charge in [-0.05, 0) is 26.2 Å². The summed E-state index contributed by atoms with van der Waals surface area (Å²) < 4.78 is 0. The van der Waals surface area contributed by atoms with E-state index in [2.05, 4.69) is 6.08 Å². The number of carbonyl (C=O) groups is 2. The number of amides is 1. The average molecular weight is 223 g/mol. The summed E-state index contributed by atoms with van der Waals surface area (Å²) in [7, 11) is 0. The molecule has 88 valence electrons. The van der Waals surface area contributed by atoms with Crippen LogP contribution in [0.5, 0.6) is 0 Å². The Kier molecular flexibility index (Phi) is 2.74. The van der Waals surface area contributed by atoms with E-state index >= 15 is 0 Å². The van der Waals surface area contributed by atoms with Gasteiger partial charge in [-0.15, -0.1) is 0 Å². The van der Waals surface area contributed by atoms with Crippen molar-refractivity contribution in [2.45, 2.75) is 26.2 Å². The molecular formula is C12H17NO3. The molecule has 0 saturated carbocycles. The van der Waals surface area contributed by atoms with Crippen molar-refractivity contribution in [1.29, 1.82) is 0 Å². The lowest BCUT2D eigenvalue weighted by atomic mass is 9.80. The Morgan fingerprint density at radius 2 is 2.06 bits per heavy atom. The zero-order chi connectivity index (χ0) is 11.8. The fourth-order valence-corrected chi connectivity index (χ4v) is 2.36. The Morgan fingerprint density at radius 1 is 1.38 bits per heavy atom. The van der Waals surface area contributed by atoms with E-state index in [4.69, 9.17) is 5.11 Å². The van der Waals surface area contributed by atoms with E-state index in [1.54, 1.807) is 11.8 Å². The Hall–Kier alpha value is -1.32. The molecule has 0 spiro atoms. The molecule has 2 rings (SSSR count). The fourth-order valence-electron chi connectivity index (χ4n) is 2.36. The van der Waals surface area contributed by atoms with E-state index in [1.807, 2.05) is 6.08 Å². The predicted octanol–water partition coefficient (Wildman–Crippen LogP) is 1.28. The molecule has 0 bridgehead atoms. The minimum absolute atomic E-state index is 0.0725. The van der Waals surface area contributed by atoms with Crippen molar-refractivity contribution in [2.75, 3.05) is 13.1 Å². The number of aliphatic carboxylic acids is 1. The second-order valence-electron chi connectivity index (χ2n) is 5.04. The largest absolute Gasteiger partial charge is 0.481 e. The van der Waals surface area contributed by atoms with Crippen LogP contribution in [0.25, 0.3) is 0 Å². The third-order valence-electron chi connectivity index (χ3n) is 3.53. The molecule has 1 aliphatic carbocycles. The van der Waals surface area contributed by atoms with E-state index in [1.165, 1.54) is 0 Å². The van der Waals surface area contributed by atoms with Crippen LogP contribution >= 0.6 is 0 Å². The maximum absolute atomic E-state index is 12.0. The Bertz CT molecular complexity index is 342. The van der Waals surface area contributed by atoms with Crippen LogP contribution in [0.4, 0.5) is 0 Å². The number of hydrogen-bond donors (Lipinski definition) is 1. The highest BCUT2D eigenvalue weighted by Gasteiger charge is 2.48. The maximum atomic E-state index is 12.0. The number of likely N-dealkylation sites (tertiary alicyclic amines) is 1. The van der Waals surface area contributed by atoms with Crippen molar-refractivity contribution in [2.24, 2.45) is 11.3 Å². The molecule has 1 saturated heterocycles. The first-order valence-electron chi connectivity index (χ1n) is 5.70. The van der Waals surface area contributed by atoms with Gasteiger partial charge in [0.2, 0.25) is 5.91 Å². The molecule has 0 radical (unpaired) electrons. The summed E-state index contributed by atoms with van der Waals surface area (Å²) in [4.78, 5) is 24.6. The van der Waals surface area contributed by atoms with Gasteiger partial charge in [0.1, 0.15) is 0 Å². The Balaban J connectivity index is 1.90. The topological polar surface area (TPSA) is 57.6 Å². The number of nitrogens with zero attached hydrogens (tertiary/aromatic N) is 1. The summed E-state index contributed by atoms with van der Waals surface area (Å²) in [5, 5.41) is 8.95. The van der Waals surface area contributed by atoms with E-state index in [0.29, 0.717) is 13.1 Å². The molecule has 0 aromatic rings. The number of hydrogen-bond acceptors (Lipinski definition) is 2. The van der Waals surface area contributed by atoms with Crippen molar-refractivity contribution in [1.82, 2.24) is 4.90 Å². The quantitative estimate of drug-likeness (QED) is 0.717. The van der Waals surface area contributed by atoms with Crippen LogP contribution < -0.4 is 0 Å². The van der Waals surface area contributed by atoms with E-state index in [0.717, 1.165) is 19.3 Å². The third kappa shape index (κ3) is 1.84. The minimum Gasteiger partial charge on any atom is -0.481 e. The van der Waals surface area contributed by atoms with Crippen LogP contribution in [-0.2, 0) is 9.59 Å². The summed E-state index contributed by atoms with van der Waals surface area (Å²) in [6.45, 7) is 2.42. The molecular weight excluding hydrogens is 206 g/mol. The van der Waals surface area contributed by atoms with Gasteiger partial charge in [0.25, 0.3) is 0 Å². The SMILES string of the molecule is CC1(C(=O)O)CN(C(=O)[C@H]2CC=CCC2)C1. The average Bonchev–Trinajstić information content (AvgIpc) is 2.25. The smallest absolute Gasteiger partial charge is 0.312 e. The molecule has 1 amide bonds. The lowest BCUT2D eigenvalue weighted by molar-refractivity contribution is -0.165. The van der Waals surface area contributed by atoms with Crippen molar-refractivity contribution in [3.8, 4) is 0 Å². The second kappa shape index (κ2) is 3.92. The second-order valence-corrected chi connectivity index (χ2v) is 5.04. The van der Waals surface area contributed by atoms with Gasteiger partial charge in [0.15, 0.2) is 0 Å². The Morgan fingerprint density at radius 3 is 2.56 bits per heavy atom. The monoisotopic (exact) mass is 223 g/mol. The molecule has 1 heterocycles. The van der Waals surface area contributed by atoms with E-state index in [9.17, 15) is 9.59 Å². The van der Waals surface area contributed by atoms with Crippen molar-refractivity contribution >= 4 is 11.9 Å². The zero-order valence-corrected chi connectivity index (χ0v) is 9.48. The molecule has 1 atom stereocenters. The fraction of sp³-hybridized carbons (Fsp3) is 0.667. The molecule has 1 aliphatic heterocycles. The number of carboxylic acids is 1. The lowest BCUT2D eigenvalue weighted by Gasteiger charge is -2.46. The third-order valence-corrected chi connectivity index (χ3v) is 3.53. The number of carbonyl (C=O) groups excluding carboxylic acids is 1. The molecule has 2 aliphatic rings. The van der Waals surface area contributed by atoms with Crippen molar-refractivity contribution in [3.05, 3.63) is 12.2 Å². The van der Waals surface area contributed by atoms with Crippen LogP contribution in [0.2, 0.25) is 0 Å². The van der Waals surface area contributed by atoms with Crippen LogP contribution in [0.1, 0.15) is 26.2 Å². The summed E-state index contributed by atoms with van der Waals surface area (Å²) in [5.41, 5.74) is -0.722. The minimum atomic E-state index is -0.805. The van der Waals surface area contributed by atoms with Crippen molar-refractivity contribution < 1.29 is 14.7 Å². The molecule has 16 heavy (non-hydrogen) atoms. The highest BCUT2D eigenvalue weighted by molar-refractivity contribution is 5.84. The van der Waals surface area contributed by atoms with Gasteiger partial charge >= 0.3 is 5.97 Å². The van der Waals surface area contributed by atoms with Gasteiger partial charge in [-0.25, -0.2) is 0 Å². The first-order chi connectivity index (χ1) is 7.53. The summed E-state index contributed by atoms with van der Waals surface area (Å²) in [6.07, 6.45) is 6.80. The van der Waals surface area contributed by atoms with Crippen molar-refractivity contribution in [3.63, 3.8) is 0 Å². The Labute approximate surface area is 94.9 Å². The molecule has 4 heteroatoms. The molecule has 1 fully saturated rings. The summed E-state index contributed by atoms with van der Waals surface area (Å²) >= 11 is 0. The number of rotatable bonds is 2. The molecule has 0 unspecified atom stereocenters.